The van der Waals surface area contributed by atoms with E-state index < -0.39 is 4.92 Å². The number of nitro groups is 1. The van der Waals surface area contributed by atoms with Crippen LogP contribution in [0.25, 0.3) is 0 Å². The Hall–Kier alpha value is -0.800. The van der Waals surface area contributed by atoms with Gasteiger partial charge in [-0.05, 0) is 25.3 Å². The van der Waals surface area contributed by atoms with Crippen LogP contribution in [0.2, 0.25) is 5.02 Å². The number of rotatable bonds is 6. The molecule has 0 bridgehead atoms. The number of hydrogen-bond acceptors (Lipinski definition) is 2. The monoisotopic (exact) mass is 275 g/mol. The molecule has 0 amide bonds. The van der Waals surface area contributed by atoms with E-state index >= 15 is 0 Å². The van der Waals surface area contributed by atoms with Gasteiger partial charge in [0.25, 0.3) is 5.69 Å². The second kappa shape index (κ2) is 6.82. The first-order valence-corrected chi connectivity index (χ1v) is 6.43. The minimum absolute atomic E-state index is 0.0790. The summed E-state index contributed by atoms with van der Waals surface area (Å²) in [5, 5.41) is 11.3. The highest BCUT2D eigenvalue weighted by Gasteiger charge is 2.15. The summed E-state index contributed by atoms with van der Waals surface area (Å²) < 4.78 is 0. The summed E-state index contributed by atoms with van der Waals surface area (Å²) in [5.74, 6) is 0. The predicted molar refractivity (Wildman–Crippen MR) is 71.0 cm³/mol. The molecule has 1 rings (SSSR count). The van der Waals surface area contributed by atoms with Crippen LogP contribution in [0.3, 0.4) is 0 Å². The smallest absolute Gasteiger partial charge is 0.258 e. The molecule has 0 aliphatic heterocycles. The van der Waals surface area contributed by atoms with Gasteiger partial charge >= 0.3 is 0 Å². The summed E-state index contributed by atoms with van der Waals surface area (Å²) in [6.45, 7) is 2.07. The van der Waals surface area contributed by atoms with Crippen molar-refractivity contribution >= 4 is 28.9 Å². The summed E-state index contributed by atoms with van der Waals surface area (Å²) >= 11 is 11.8. The van der Waals surface area contributed by atoms with Crippen LogP contribution in [0, 0.1) is 10.1 Å². The summed E-state index contributed by atoms with van der Waals surface area (Å²) in [5.41, 5.74) is 0.777. The van der Waals surface area contributed by atoms with Crippen LogP contribution < -0.4 is 0 Å². The van der Waals surface area contributed by atoms with Crippen LogP contribution in [0.4, 0.5) is 5.69 Å². The van der Waals surface area contributed by atoms with Crippen molar-refractivity contribution in [2.45, 2.75) is 38.0 Å². The van der Waals surface area contributed by atoms with Crippen LogP contribution in [0.15, 0.2) is 18.2 Å². The first kappa shape index (κ1) is 14.3. The first-order valence-electron chi connectivity index (χ1n) is 5.61. The zero-order valence-electron chi connectivity index (χ0n) is 9.66. The van der Waals surface area contributed by atoms with Gasteiger partial charge in [-0.25, -0.2) is 0 Å². The standard InChI is InChI=1S/C12H15Cl2NO2/c1-2-3-10(13)6-4-9-5-7-11(14)8-12(9)15(16)17/h5,7-8,10H,2-4,6H2,1H3. The minimum Gasteiger partial charge on any atom is -0.258 e. The molecule has 3 nitrogen and oxygen atoms in total. The lowest BCUT2D eigenvalue weighted by Crippen LogP contribution is -2.02. The highest BCUT2D eigenvalue weighted by atomic mass is 35.5. The molecule has 0 spiro atoms. The van der Waals surface area contributed by atoms with E-state index in [1.54, 1.807) is 12.1 Å². The lowest BCUT2D eigenvalue weighted by Gasteiger charge is -2.08. The molecule has 1 atom stereocenters. The van der Waals surface area contributed by atoms with Gasteiger partial charge in [-0.1, -0.05) is 31.0 Å². The molecule has 0 saturated carbocycles. The van der Waals surface area contributed by atoms with E-state index in [-0.39, 0.29) is 11.1 Å². The normalized spacial score (nSPS) is 12.4. The summed E-state index contributed by atoms with van der Waals surface area (Å²) in [6.07, 6.45) is 3.32. The Balaban J connectivity index is 2.73. The second-order valence-electron chi connectivity index (χ2n) is 3.95. The van der Waals surface area contributed by atoms with Gasteiger partial charge in [-0.2, -0.15) is 0 Å². The highest BCUT2D eigenvalue weighted by Crippen LogP contribution is 2.25. The fourth-order valence-corrected chi connectivity index (χ4v) is 2.18. The van der Waals surface area contributed by atoms with Crippen molar-refractivity contribution in [1.29, 1.82) is 0 Å². The fourth-order valence-electron chi connectivity index (χ4n) is 1.69. The number of benzene rings is 1. The second-order valence-corrected chi connectivity index (χ2v) is 5.01. The van der Waals surface area contributed by atoms with E-state index in [2.05, 4.69) is 6.92 Å². The van der Waals surface area contributed by atoms with Gasteiger partial charge in [-0.15, -0.1) is 11.6 Å². The van der Waals surface area contributed by atoms with Crippen molar-refractivity contribution in [2.24, 2.45) is 0 Å². The maximum atomic E-state index is 10.9. The van der Waals surface area contributed by atoms with Crippen LogP contribution in [-0.2, 0) is 6.42 Å². The van der Waals surface area contributed by atoms with Crippen LogP contribution >= 0.6 is 23.2 Å². The number of nitrogens with zero attached hydrogens (tertiary/aromatic N) is 1. The third-order valence-corrected chi connectivity index (χ3v) is 3.24. The van der Waals surface area contributed by atoms with Gasteiger partial charge in [0.1, 0.15) is 0 Å². The van der Waals surface area contributed by atoms with Gasteiger partial charge in [0.15, 0.2) is 0 Å². The van der Waals surface area contributed by atoms with Crippen molar-refractivity contribution in [3.8, 4) is 0 Å². The fraction of sp³-hybridized carbons (Fsp3) is 0.500. The Labute approximate surface area is 111 Å². The van der Waals surface area contributed by atoms with Gasteiger partial charge in [0, 0.05) is 22.0 Å². The first-order chi connectivity index (χ1) is 8.04. The molecule has 0 saturated heterocycles. The summed E-state index contributed by atoms with van der Waals surface area (Å²) in [7, 11) is 0. The van der Waals surface area contributed by atoms with Crippen molar-refractivity contribution in [3.63, 3.8) is 0 Å². The molecule has 0 aliphatic carbocycles. The number of hydrogen-bond donors (Lipinski definition) is 0. The van der Waals surface area contributed by atoms with Gasteiger partial charge < -0.3 is 0 Å². The average molecular weight is 276 g/mol. The molecule has 17 heavy (non-hydrogen) atoms. The molecule has 0 radical (unpaired) electrons. The molecule has 5 heteroatoms. The van der Waals surface area contributed by atoms with Gasteiger partial charge in [-0.3, -0.25) is 10.1 Å². The lowest BCUT2D eigenvalue weighted by molar-refractivity contribution is -0.385. The van der Waals surface area contributed by atoms with E-state index in [0.29, 0.717) is 17.0 Å². The van der Waals surface area contributed by atoms with E-state index in [0.717, 1.165) is 19.3 Å². The molecule has 94 valence electrons. The maximum Gasteiger partial charge on any atom is 0.274 e. The third-order valence-electron chi connectivity index (χ3n) is 2.57. The SMILES string of the molecule is CCCC(Cl)CCc1ccc(Cl)cc1[N+](=O)[O-]. The van der Waals surface area contributed by atoms with E-state index in [1.807, 2.05) is 0 Å². The van der Waals surface area contributed by atoms with Crippen molar-refractivity contribution in [3.05, 3.63) is 38.9 Å². The minimum atomic E-state index is -0.399. The molecule has 1 unspecified atom stereocenters. The number of alkyl halides is 1. The summed E-state index contributed by atoms with van der Waals surface area (Å²) in [4.78, 5) is 10.5. The van der Waals surface area contributed by atoms with Crippen LogP contribution in [0.5, 0.6) is 0 Å². The predicted octanol–water partition coefficient (Wildman–Crippen LogP) is 4.59. The maximum absolute atomic E-state index is 10.9. The lowest BCUT2D eigenvalue weighted by atomic mass is 10.0. The van der Waals surface area contributed by atoms with E-state index in [4.69, 9.17) is 23.2 Å². The molecule has 0 heterocycles. The van der Waals surface area contributed by atoms with Crippen molar-refractivity contribution in [1.82, 2.24) is 0 Å². The Morgan fingerprint density at radius 2 is 2.12 bits per heavy atom. The Morgan fingerprint density at radius 3 is 2.71 bits per heavy atom. The van der Waals surface area contributed by atoms with Crippen molar-refractivity contribution < 1.29 is 4.92 Å². The van der Waals surface area contributed by atoms with Crippen molar-refractivity contribution in [2.75, 3.05) is 0 Å². The zero-order valence-corrected chi connectivity index (χ0v) is 11.2. The van der Waals surface area contributed by atoms with Crippen LogP contribution in [0.1, 0.15) is 31.7 Å². The molecule has 0 fully saturated rings. The Morgan fingerprint density at radius 1 is 1.41 bits per heavy atom. The quantitative estimate of drug-likeness (QED) is 0.433. The molecule has 0 N–H and O–H groups in total. The summed E-state index contributed by atoms with van der Waals surface area (Å²) in [6, 6.07) is 4.77. The topological polar surface area (TPSA) is 43.1 Å². The third kappa shape index (κ3) is 4.52. The van der Waals surface area contributed by atoms with E-state index in [9.17, 15) is 10.1 Å². The molecular weight excluding hydrogens is 261 g/mol. The molecular formula is C12H15Cl2NO2. The average Bonchev–Trinajstić information content (AvgIpc) is 2.27. The van der Waals surface area contributed by atoms with Gasteiger partial charge in [0.05, 0.1) is 4.92 Å². The van der Waals surface area contributed by atoms with E-state index in [1.165, 1.54) is 6.07 Å². The zero-order chi connectivity index (χ0) is 12.8. The van der Waals surface area contributed by atoms with Crippen LogP contribution in [-0.4, -0.2) is 10.3 Å². The number of aryl methyl sites for hydroxylation is 1. The Bertz CT molecular complexity index is 396. The largest absolute Gasteiger partial charge is 0.274 e. The highest BCUT2D eigenvalue weighted by molar-refractivity contribution is 6.30. The van der Waals surface area contributed by atoms with Gasteiger partial charge in [0.2, 0.25) is 0 Å². The molecule has 0 aliphatic rings. The number of halogens is 2. The molecule has 0 aromatic heterocycles. The molecule has 1 aromatic carbocycles. The number of nitro benzene ring substituents is 1. The molecule has 1 aromatic rings. The Kier molecular flexibility index (Phi) is 5.72.